The fourth-order valence-corrected chi connectivity index (χ4v) is 4.58. The summed E-state index contributed by atoms with van der Waals surface area (Å²) in [5, 5.41) is 0. The van der Waals surface area contributed by atoms with Crippen LogP contribution in [0.25, 0.3) is 0 Å². The van der Waals surface area contributed by atoms with Crippen LogP contribution >= 0.6 is 0 Å². The van der Waals surface area contributed by atoms with Crippen LogP contribution in [0.4, 0.5) is 5.69 Å². The van der Waals surface area contributed by atoms with Gasteiger partial charge in [-0.3, -0.25) is 4.79 Å². The van der Waals surface area contributed by atoms with Gasteiger partial charge in [-0.2, -0.15) is 0 Å². The lowest BCUT2D eigenvalue weighted by atomic mass is 10.1. The highest BCUT2D eigenvalue weighted by Crippen LogP contribution is 2.20. The third-order valence-corrected chi connectivity index (χ3v) is 6.89. The molecule has 174 valence electrons. The molecule has 0 aliphatic carbocycles. The molecule has 0 spiro atoms. The van der Waals surface area contributed by atoms with E-state index >= 15 is 0 Å². The molecule has 3 rings (SSSR count). The van der Waals surface area contributed by atoms with Crippen LogP contribution in [-0.2, 0) is 26.0 Å². The first kappa shape index (κ1) is 24.2. The summed E-state index contributed by atoms with van der Waals surface area (Å²) in [5.74, 6) is -0.228. The second-order valence-corrected chi connectivity index (χ2v) is 9.56. The molecular weight excluding hydrogens is 430 g/mol. The first-order chi connectivity index (χ1) is 15.3. The van der Waals surface area contributed by atoms with Crippen LogP contribution in [0.2, 0.25) is 0 Å². The summed E-state index contributed by atoms with van der Waals surface area (Å²) in [6.45, 7) is 5.86. The molecule has 32 heavy (non-hydrogen) atoms. The molecule has 0 aromatic heterocycles. The Morgan fingerprint density at radius 1 is 1.16 bits per heavy atom. The van der Waals surface area contributed by atoms with Gasteiger partial charge in [0.25, 0.3) is 5.91 Å². The molecule has 1 N–H and O–H groups in total. The minimum atomic E-state index is -3.72. The summed E-state index contributed by atoms with van der Waals surface area (Å²) in [6, 6.07) is 12.7. The number of carbonyl (C=O) groups is 1. The van der Waals surface area contributed by atoms with Gasteiger partial charge in [-0.25, -0.2) is 13.1 Å². The number of morpholine rings is 1. The van der Waals surface area contributed by atoms with Crippen molar-refractivity contribution in [3.05, 3.63) is 59.2 Å². The summed E-state index contributed by atoms with van der Waals surface area (Å²) in [7, 11) is -0.499. The number of nitrogens with zero attached hydrogens (tertiary/aromatic N) is 2. The van der Waals surface area contributed by atoms with Crippen molar-refractivity contribution in [2.75, 3.05) is 58.5 Å². The van der Waals surface area contributed by atoms with E-state index in [9.17, 15) is 13.2 Å². The van der Waals surface area contributed by atoms with Gasteiger partial charge in [0.05, 0.1) is 24.7 Å². The summed E-state index contributed by atoms with van der Waals surface area (Å²) in [4.78, 5) is 17.0. The van der Waals surface area contributed by atoms with Gasteiger partial charge in [0.15, 0.2) is 0 Å². The van der Waals surface area contributed by atoms with E-state index in [-0.39, 0.29) is 24.0 Å². The average Bonchev–Trinajstić information content (AvgIpc) is 2.80. The SMILES string of the molecule is COCCNS(=O)(=O)c1ccc(C)c(C(=O)N(C)Cc2ccc(N3CCOCC3)cc2)c1. The van der Waals surface area contributed by atoms with E-state index in [0.29, 0.717) is 12.1 Å². The molecule has 1 heterocycles. The maximum Gasteiger partial charge on any atom is 0.254 e. The van der Waals surface area contributed by atoms with Gasteiger partial charge in [-0.1, -0.05) is 18.2 Å². The molecule has 1 amide bonds. The third kappa shape index (κ3) is 6.07. The van der Waals surface area contributed by atoms with Crippen molar-refractivity contribution in [1.29, 1.82) is 0 Å². The normalized spacial score (nSPS) is 14.4. The Morgan fingerprint density at radius 2 is 1.84 bits per heavy atom. The molecule has 1 saturated heterocycles. The topological polar surface area (TPSA) is 88.2 Å². The molecule has 0 unspecified atom stereocenters. The molecule has 0 atom stereocenters. The summed E-state index contributed by atoms with van der Waals surface area (Å²) in [5.41, 5.74) is 3.23. The fourth-order valence-electron chi connectivity index (χ4n) is 3.55. The van der Waals surface area contributed by atoms with Crippen molar-refractivity contribution in [3.8, 4) is 0 Å². The van der Waals surface area contributed by atoms with Crippen LogP contribution in [0.5, 0.6) is 0 Å². The largest absolute Gasteiger partial charge is 0.383 e. The summed E-state index contributed by atoms with van der Waals surface area (Å²) < 4.78 is 37.8. The quantitative estimate of drug-likeness (QED) is 0.575. The number of methoxy groups -OCH3 is 1. The lowest BCUT2D eigenvalue weighted by Gasteiger charge is -2.29. The van der Waals surface area contributed by atoms with Crippen LogP contribution in [0.15, 0.2) is 47.4 Å². The molecule has 8 nitrogen and oxygen atoms in total. The van der Waals surface area contributed by atoms with E-state index < -0.39 is 10.0 Å². The van der Waals surface area contributed by atoms with E-state index in [1.807, 2.05) is 12.1 Å². The smallest absolute Gasteiger partial charge is 0.254 e. The second kappa shape index (κ2) is 10.9. The molecule has 1 aliphatic heterocycles. The lowest BCUT2D eigenvalue weighted by molar-refractivity contribution is 0.0784. The maximum atomic E-state index is 13.1. The van der Waals surface area contributed by atoms with E-state index in [4.69, 9.17) is 9.47 Å². The van der Waals surface area contributed by atoms with E-state index in [1.165, 1.54) is 19.2 Å². The van der Waals surface area contributed by atoms with Crippen molar-refractivity contribution in [2.45, 2.75) is 18.4 Å². The van der Waals surface area contributed by atoms with Gasteiger partial charge in [0, 0.05) is 51.6 Å². The van der Waals surface area contributed by atoms with Crippen LogP contribution in [-0.4, -0.2) is 72.8 Å². The Kier molecular flexibility index (Phi) is 8.25. The zero-order chi connectivity index (χ0) is 23.1. The molecule has 1 aliphatic rings. The van der Waals surface area contributed by atoms with Crippen molar-refractivity contribution in [1.82, 2.24) is 9.62 Å². The number of benzene rings is 2. The Hall–Kier alpha value is -2.46. The molecular formula is C23H31N3O5S. The first-order valence-corrected chi connectivity index (χ1v) is 12.1. The number of rotatable bonds is 9. The summed E-state index contributed by atoms with van der Waals surface area (Å²) in [6.07, 6.45) is 0. The Balaban J connectivity index is 1.70. The molecule has 2 aromatic rings. The van der Waals surface area contributed by atoms with Crippen molar-refractivity contribution in [3.63, 3.8) is 0 Å². The maximum absolute atomic E-state index is 13.1. The highest BCUT2D eigenvalue weighted by atomic mass is 32.2. The molecule has 9 heteroatoms. The number of anilines is 1. The monoisotopic (exact) mass is 461 g/mol. The number of nitrogens with one attached hydrogen (secondary N) is 1. The van der Waals surface area contributed by atoms with Crippen LogP contribution in [0.1, 0.15) is 21.5 Å². The van der Waals surface area contributed by atoms with Crippen molar-refractivity contribution in [2.24, 2.45) is 0 Å². The predicted octanol–water partition coefficient (Wildman–Crippen LogP) is 2.03. The highest BCUT2D eigenvalue weighted by Gasteiger charge is 2.20. The number of ether oxygens (including phenoxy) is 2. The average molecular weight is 462 g/mol. The summed E-state index contributed by atoms with van der Waals surface area (Å²) >= 11 is 0. The third-order valence-electron chi connectivity index (χ3n) is 5.43. The van der Waals surface area contributed by atoms with E-state index in [2.05, 4.69) is 21.8 Å². The highest BCUT2D eigenvalue weighted by molar-refractivity contribution is 7.89. The second-order valence-electron chi connectivity index (χ2n) is 7.79. The van der Waals surface area contributed by atoms with Gasteiger partial charge < -0.3 is 19.3 Å². The molecule has 1 fully saturated rings. The molecule has 0 radical (unpaired) electrons. The number of hydrogen-bond acceptors (Lipinski definition) is 6. The van der Waals surface area contributed by atoms with Gasteiger partial charge in [-0.05, 0) is 42.3 Å². The molecule has 0 bridgehead atoms. The lowest BCUT2D eigenvalue weighted by Crippen LogP contribution is -2.36. The first-order valence-electron chi connectivity index (χ1n) is 10.6. The Morgan fingerprint density at radius 3 is 2.50 bits per heavy atom. The molecule has 0 saturated carbocycles. The van der Waals surface area contributed by atoms with Gasteiger partial charge in [0.2, 0.25) is 10.0 Å². The van der Waals surface area contributed by atoms with Gasteiger partial charge in [0.1, 0.15) is 0 Å². The zero-order valence-electron chi connectivity index (χ0n) is 18.8. The minimum absolute atomic E-state index is 0.0609. The van der Waals surface area contributed by atoms with Gasteiger partial charge >= 0.3 is 0 Å². The van der Waals surface area contributed by atoms with Crippen LogP contribution in [0.3, 0.4) is 0 Å². The predicted molar refractivity (Wildman–Crippen MR) is 124 cm³/mol. The number of aryl methyl sites for hydroxylation is 1. The van der Waals surface area contributed by atoms with Crippen LogP contribution in [0, 0.1) is 6.92 Å². The van der Waals surface area contributed by atoms with Crippen molar-refractivity contribution < 1.29 is 22.7 Å². The minimum Gasteiger partial charge on any atom is -0.383 e. The number of carbonyl (C=O) groups excluding carboxylic acids is 1. The molecule has 2 aromatic carbocycles. The Labute approximate surface area is 190 Å². The number of hydrogen-bond donors (Lipinski definition) is 1. The standard InChI is InChI=1S/C23H31N3O5S/c1-18-4-9-21(32(28,29)24-10-13-30-3)16-22(18)23(27)25(2)17-19-5-7-20(8-6-19)26-11-14-31-15-12-26/h4-9,16,24H,10-15,17H2,1-3H3. The van der Waals surface area contributed by atoms with E-state index in [0.717, 1.165) is 43.1 Å². The van der Waals surface area contributed by atoms with E-state index in [1.54, 1.807) is 24.9 Å². The fraction of sp³-hybridized carbons (Fsp3) is 0.435. The number of amides is 1. The van der Waals surface area contributed by atoms with Crippen molar-refractivity contribution >= 4 is 21.6 Å². The zero-order valence-corrected chi connectivity index (χ0v) is 19.7. The number of sulfonamides is 1. The Bertz CT molecular complexity index is 1020. The van der Waals surface area contributed by atoms with Gasteiger partial charge in [-0.15, -0.1) is 0 Å². The van der Waals surface area contributed by atoms with Crippen LogP contribution < -0.4 is 9.62 Å².